The van der Waals surface area contributed by atoms with Crippen molar-refractivity contribution in [2.45, 2.75) is 12.3 Å². The summed E-state index contributed by atoms with van der Waals surface area (Å²) >= 11 is 6.87. The van der Waals surface area contributed by atoms with Gasteiger partial charge in [-0.1, -0.05) is 62.2 Å². The topological polar surface area (TPSA) is 0 Å². The van der Waals surface area contributed by atoms with Crippen molar-refractivity contribution in [3.63, 3.8) is 0 Å². The molecule has 0 bridgehead atoms. The summed E-state index contributed by atoms with van der Waals surface area (Å²) in [6, 6.07) is 15.4. The standard InChI is InChI=1S/C15H13Br2F/c16-10-13(12-4-2-1-3-5-12)6-11-7-14(17)9-15(18)8-11/h1-5,7-9,13H,6,10H2. The second-order valence-corrected chi connectivity index (χ2v) is 5.81. The lowest BCUT2D eigenvalue weighted by Gasteiger charge is -2.15. The fraction of sp³-hybridized carbons (Fsp3) is 0.200. The Hall–Kier alpha value is -0.670. The van der Waals surface area contributed by atoms with Gasteiger partial charge in [-0.05, 0) is 41.7 Å². The summed E-state index contributed by atoms with van der Waals surface area (Å²) in [5.74, 6) is 0.167. The number of halogens is 3. The number of rotatable bonds is 4. The van der Waals surface area contributed by atoms with E-state index >= 15 is 0 Å². The number of hydrogen-bond donors (Lipinski definition) is 0. The first-order valence-electron chi connectivity index (χ1n) is 5.75. The molecular formula is C15H13Br2F. The molecule has 3 heteroatoms. The Balaban J connectivity index is 2.20. The number of hydrogen-bond acceptors (Lipinski definition) is 0. The van der Waals surface area contributed by atoms with Crippen LogP contribution in [0.5, 0.6) is 0 Å². The molecule has 0 saturated carbocycles. The zero-order chi connectivity index (χ0) is 13.0. The van der Waals surface area contributed by atoms with Crippen LogP contribution in [0, 0.1) is 5.82 Å². The summed E-state index contributed by atoms with van der Waals surface area (Å²) in [6.45, 7) is 0. The van der Waals surface area contributed by atoms with Gasteiger partial charge in [-0.15, -0.1) is 0 Å². The van der Waals surface area contributed by atoms with Crippen LogP contribution in [0.2, 0.25) is 0 Å². The van der Waals surface area contributed by atoms with Gasteiger partial charge in [-0.2, -0.15) is 0 Å². The molecular weight excluding hydrogens is 359 g/mol. The van der Waals surface area contributed by atoms with E-state index in [0.717, 1.165) is 21.8 Å². The molecule has 94 valence electrons. The van der Waals surface area contributed by atoms with Crippen molar-refractivity contribution in [3.05, 3.63) is 69.9 Å². The molecule has 1 atom stereocenters. The van der Waals surface area contributed by atoms with Crippen LogP contribution in [0.15, 0.2) is 53.0 Å². The highest BCUT2D eigenvalue weighted by Gasteiger charge is 2.11. The SMILES string of the molecule is Fc1cc(Br)cc(CC(CBr)c2ccccc2)c1. The predicted molar refractivity (Wildman–Crippen MR) is 80.8 cm³/mol. The molecule has 0 aliphatic heterocycles. The van der Waals surface area contributed by atoms with Crippen LogP contribution >= 0.6 is 31.9 Å². The third-order valence-corrected chi connectivity index (χ3v) is 4.10. The third-order valence-electron chi connectivity index (χ3n) is 2.86. The number of alkyl halides is 1. The van der Waals surface area contributed by atoms with Crippen LogP contribution in [0.1, 0.15) is 17.0 Å². The Kier molecular flexibility index (Phi) is 4.95. The van der Waals surface area contributed by atoms with E-state index in [4.69, 9.17) is 0 Å². The van der Waals surface area contributed by atoms with Gasteiger partial charge in [-0.25, -0.2) is 4.39 Å². The molecule has 0 heterocycles. The van der Waals surface area contributed by atoms with Gasteiger partial charge < -0.3 is 0 Å². The zero-order valence-electron chi connectivity index (χ0n) is 9.74. The Morgan fingerprint density at radius 1 is 1.06 bits per heavy atom. The maximum atomic E-state index is 13.3. The Labute approximate surface area is 123 Å². The minimum Gasteiger partial charge on any atom is -0.207 e. The average molecular weight is 372 g/mol. The van der Waals surface area contributed by atoms with Crippen molar-refractivity contribution >= 4 is 31.9 Å². The maximum absolute atomic E-state index is 13.3. The summed E-state index contributed by atoms with van der Waals surface area (Å²) in [4.78, 5) is 0. The van der Waals surface area contributed by atoms with E-state index in [2.05, 4.69) is 44.0 Å². The van der Waals surface area contributed by atoms with Gasteiger partial charge in [0, 0.05) is 9.80 Å². The average Bonchev–Trinajstić information content (AvgIpc) is 2.36. The Morgan fingerprint density at radius 3 is 2.39 bits per heavy atom. The van der Waals surface area contributed by atoms with Gasteiger partial charge in [0.1, 0.15) is 5.82 Å². The number of benzene rings is 2. The lowest BCUT2D eigenvalue weighted by atomic mass is 9.94. The van der Waals surface area contributed by atoms with E-state index in [9.17, 15) is 4.39 Å². The molecule has 2 aromatic rings. The highest BCUT2D eigenvalue weighted by Crippen LogP contribution is 2.25. The smallest absolute Gasteiger partial charge is 0.124 e. The monoisotopic (exact) mass is 370 g/mol. The van der Waals surface area contributed by atoms with Gasteiger partial charge in [0.05, 0.1) is 0 Å². The van der Waals surface area contributed by atoms with Crippen molar-refractivity contribution in [3.8, 4) is 0 Å². The van der Waals surface area contributed by atoms with Gasteiger partial charge in [0.25, 0.3) is 0 Å². The van der Waals surface area contributed by atoms with Crippen molar-refractivity contribution in [1.29, 1.82) is 0 Å². The summed E-state index contributed by atoms with van der Waals surface area (Å²) < 4.78 is 14.1. The molecule has 0 aliphatic rings. The first-order chi connectivity index (χ1) is 8.69. The molecule has 0 N–H and O–H groups in total. The van der Waals surface area contributed by atoms with Crippen LogP contribution in [0.3, 0.4) is 0 Å². The fourth-order valence-electron chi connectivity index (χ4n) is 2.00. The molecule has 0 amide bonds. The molecule has 18 heavy (non-hydrogen) atoms. The van der Waals surface area contributed by atoms with E-state index < -0.39 is 0 Å². The predicted octanol–water partition coefficient (Wildman–Crippen LogP) is 5.31. The van der Waals surface area contributed by atoms with Crippen molar-refractivity contribution < 1.29 is 4.39 Å². The molecule has 0 nitrogen and oxygen atoms in total. The zero-order valence-corrected chi connectivity index (χ0v) is 12.9. The quantitative estimate of drug-likeness (QED) is 0.639. The molecule has 0 aliphatic carbocycles. The van der Waals surface area contributed by atoms with Crippen LogP contribution in [0.25, 0.3) is 0 Å². The molecule has 0 radical (unpaired) electrons. The van der Waals surface area contributed by atoms with E-state index in [1.54, 1.807) is 6.07 Å². The van der Waals surface area contributed by atoms with Gasteiger partial charge in [0.2, 0.25) is 0 Å². The normalized spacial score (nSPS) is 12.4. The van der Waals surface area contributed by atoms with Crippen LogP contribution in [-0.2, 0) is 6.42 Å². The highest BCUT2D eigenvalue weighted by molar-refractivity contribution is 9.10. The van der Waals surface area contributed by atoms with E-state index in [1.165, 1.54) is 11.6 Å². The molecule has 1 unspecified atom stereocenters. The Morgan fingerprint density at radius 2 is 1.78 bits per heavy atom. The maximum Gasteiger partial charge on any atom is 0.124 e. The molecule has 0 saturated heterocycles. The molecule has 0 aromatic heterocycles. The largest absolute Gasteiger partial charge is 0.207 e. The van der Waals surface area contributed by atoms with Crippen LogP contribution in [0.4, 0.5) is 4.39 Å². The van der Waals surface area contributed by atoms with E-state index in [0.29, 0.717) is 5.92 Å². The van der Waals surface area contributed by atoms with Crippen molar-refractivity contribution in [2.24, 2.45) is 0 Å². The second-order valence-electron chi connectivity index (χ2n) is 4.24. The van der Waals surface area contributed by atoms with Gasteiger partial charge in [-0.3, -0.25) is 0 Å². The first kappa shape index (κ1) is 13.8. The van der Waals surface area contributed by atoms with Gasteiger partial charge >= 0.3 is 0 Å². The van der Waals surface area contributed by atoms with Crippen molar-refractivity contribution in [1.82, 2.24) is 0 Å². The summed E-state index contributed by atoms with van der Waals surface area (Å²) in [6.07, 6.45) is 0.825. The van der Waals surface area contributed by atoms with Crippen LogP contribution in [-0.4, -0.2) is 5.33 Å². The lowest BCUT2D eigenvalue weighted by molar-refractivity contribution is 0.622. The van der Waals surface area contributed by atoms with Crippen molar-refractivity contribution in [2.75, 3.05) is 5.33 Å². The Bertz CT molecular complexity index is 491. The molecule has 0 spiro atoms. The third kappa shape index (κ3) is 3.66. The van der Waals surface area contributed by atoms with Gasteiger partial charge in [0.15, 0.2) is 0 Å². The first-order valence-corrected chi connectivity index (χ1v) is 7.66. The molecule has 2 rings (SSSR count). The second kappa shape index (κ2) is 6.48. The fourth-order valence-corrected chi connectivity index (χ4v) is 3.12. The van der Waals surface area contributed by atoms with Crippen LogP contribution < -0.4 is 0 Å². The summed E-state index contributed by atoms with van der Waals surface area (Å²) in [7, 11) is 0. The highest BCUT2D eigenvalue weighted by atomic mass is 79.9. The summed E-state index contributed by atoms with van der Waals surface area (Å²) in [5, 5.41) is 0.866. The minimum absolute atomic E-state index is 0.194. The van der Waals surface area contributed by atoms with E-state index in [-0.39, 0.29) is 5.82 Å². The molecule has 0 fully saturated rings. The lowest BCUT2D eigenvalue weighted by Crippen LogP contribution is -2.04. The molecule has 2 aromatic carbocycles. The summed E-state index contributed by atoms with van der Waals surface area (Å²) in [5.41, 5.74) is 2.28. The minimum atomic E-state index is -0.194. The van der Waals surface area contributed by atoms with E-state index in [1.807, 2.05) is 24.3 Å².